The van der Waals surface area contributed by atoms with E-state index in [-0.39, 0.29) is 18.1 Å². The van der Waals surface area contributed by atoms with E-state index in [2.05, 4.69) is 15.5 Å². The molecule has 11 nitrogen and oxygen atoms in total. The summed E-state index contributed by atoms with van der Waals surface area (Å²) in [5.74, 6) is -1.10. The summed E-state index contributed by atoms with van der Waals surface area (Å²) in [6, 6.07) is 7.31. The van der Waals surface area contributed by atoms with Crippen LogP contribution in [0.2, 0.25) is 0 Å². The van der Waals surface area contributed by atoms with Gasteiger partial charge in [-0.25, -0.2) is 10.4 Å². The number of nitro benzene ring substituents is 1. The van der Waals surface area contributed by atoms with Gasteiger partial charge in [0.05, 0.1) is 17.7 Å². The number of pyridine rings is 1. The van der Waals surface area contributed by atoms with Crippen molar-refractivity contribution in [2.75, 3.05) is 13.7 Å². The highest BCUT2D eigenvalue weighted by Crippen LogP contribution is 2.25. The quantitative estimate of drug-likeness (QED) is 0.384. The minimum atomic E-state index is -0.738. The number of carbonyl (C=O) groups is 1. The number of amides is 1. The van der Waals surface area contributed by atoms with Gasteiger partial charge in [-0.1, -0.05) is 0 Å². The number of nitro groups is 1. The molecule has 2 aromatic rings. The summed E-state index contributed by atoms with van der Waals surface area (Å²) in [5, 5.41) is 33.2. The van der Waals surface area contributed by atoms with Gasteiger partial charge in [0.1, 0.15) is 11.6 Å². The number of nitriles is 1. The Morgan fingerprint density at radius 1 is 1.48 bits per heavy atom. The van der Waals surface area contributed by atoms with Crippen LogP contribution in [0.5, 0.6) is 11.6 Å². The van der Waals surface area contributed by atoms with E-state index >= 15 is 0 Å². The van der Waals surface area contributed by atoms with Gasteiger partial charge < -0.3 is 14.6 Å². The average molecular weight is 399 g/mol. The zero-order valence-electron chi connectivity index (χ0n) is 15.6. The molecule has 0 fully saturated rings. The molecule has 0 saturated carbocycles. The van der Waals surface area contributed by atoms with Crippen molar-refractivity contribution >= 4 is 17.8 Å². The molecule has 0 saturated heterocycles. The smallest absolute Gasteiger partial charge is 0.311 e. The highest BCUT2D eigenvalue weighted by molar-refractivity contribution is 5.84. The lowest BCUT2D eigenvalue weighted by molar-refractivity contribution is -0.385. The van der Waals surface area contributed by atoms with E-state index in [1.54, 1.807) is 13.0 Å². The number of ether oxygens (including phenoxy) is 2. The van der Waals surface area contributed by atoms with Crippen molar-refractivity contribution in [2.45, 2.75) is 13.5 Å². The number of hydrogen-bond acceptors (Lipinski definition) is 9. The SMILES string of the molecule is COCc1cc(C)nc(OCC(=O)N/N=C/c2ccc(O)c([N+](=O)[O-])c2)c1C#N. The number of nitrogens with one attached hydrogen (secondary N) is 1. The van der Waals surface area contributed by atoms with Gasteiger partial charge in [0, 0.05) is 30.0 Å². The largest absolute Gasteiger partial charge is 0.502 e. The number of carbonyl (C=O) groups excluding carboxylic acids is 1. The summed E-state index contributed by atoms with van der Waals surface area (Å²) < 4.78 is 10.4. The highest BCUT2D eigenvalue weighted by atomic mass is 16.6. The normalized spacial score (nSPS) is 10.5. The van der Waals surface area contributed by atoms with E-state index in [0.29, 0.717) is 16.8 Å². The van der Waals surface area contributed by atoms with E-state index in [9.17, 15) is 25.3 Å². The first-order valence-electron chi connectivity index (χ1n) is 8.17. The second kappa shape index (κ2) is 9.77. The molecule has 0 aliphatic heterocycles. The molecule has 1 aromatic heterocycles. The Balaban J connectivity index is 2.01. The Hall–Kier alpha value is -4.04. The van der Waals surface area contributed by atoms with Crippen LogP contribution >= 0.6 is 0 Å². The second-order valence-electron chi connectivity index (χ2n) is 5.73. The minimum absolute atomic E-state index is 0.00726. The first kappa shape index (κ1) is 21.3. The topological polar surface area (TPSA) is 160 Å². The predicted octanol–water partition coefficient (Wildman–Crippen LogP) is 1.55. The molecule has 0 radical (unpaired) electrons. The molecular weight excluding hydrogens is 382 g/mol. The van der Waals surface area contributed by atoms with Gasteiger partial charge in [-0.15, -0.1) is 0 Å². The van der Waals surface area contributed by atoms with Crippen molar-refractivity contribution in [3.05, 3.63) is 56.8 Å². The Labute approximate surface area is 165 Å². The van der Waals surface area contributed by atoms with Gasteiger partial charge in [-0.2, -0.15) is 10.4 Å². The first-order chi connectivity index (χ1) is 13.8. The van der Waals surface area contributed by atoms with E-state index < -0.39 is 28.9 Å². The van der Waals surface area contributed by atoms with Crippen molar-refractivity contribution in [3.63, 3.8) is 0 Å². The monoisotopic (exact) mass is 399 g/mol. The number of benzene rings is 1. The highest BCUT2D eigenvalue weighted by Gasteiger charge is 2.15. The van der Waals surface area contributed by atoms with Gasteiger partial charge in [0.15, 0.2) is 12.4 Å². The van der Waals surface area contributed by atoms with Crippen molar-refractivity contribution < 1.29 is 24.3 Å². The second-order valence-corrected chi connectivity index (χ2v) is 5.73. The lowest BCUT2D eigenvalue weighted by Gasteiger charge is -2.10. The van der Waals surface area contributed by atoms with Crippen molar-refractivity contribution in [1.82, 2.24) is 10.4 Å². The molecule has 0 atom stereocenters. The van der Waals surface area contributed by atoms with Gasteiger partial charge in [0.2, 0.25) is 5.88 Å². The van der Waals surface area contributed by atoms with E-state index in [1.807, 2.05) is 6.07 Å². The Bertz CT molecular complexity index is 999. The van der Waals surface area contributed by atoms with Crippen LogP contribution in [0.25, 0.3) is 0 Å². The molecule has 0 unspecified atom stereocenters. The molecular formula is C18H17N5O6. The van der Waals surface area contributed by atoms with Crippen LogP contribution in [0, 0.1) is 28.4 Å². The molecule has 1 aromatic carbocycles. The number of aromatic hydroxyl groups is 1. The Morgan fingerprint density at radius 2 is 2.24 bits per heavy atom. The molecule has 0 bridgehead atoms. The Morgan fingerprint density at radius 3 is 2.90 bits per heavy atom. The van der Waals surface area contributed by atoms with Crippen LogP contribution in [-0.2, 0) is 16.1 Å². The molecule has 0 spiro atoms. The number of hydrogen-bond donors (Lipinski definition) is 2. The summed E-state index contributed by atoms with van der Waals surface area (Å²) in [4.78, 5) is 26.1. The molecule has 1 amide bonds. The lowest BCUT2D eigenvalue weighted by atomic mass is 10.1. The maximum Gasteiger partial charge on any atom is 0.311 e. The number of aromatic nitrogens is 1. The number of phenolic OH excluding ortho intramolecular Hbond substituents is 1. The Kier molecular flexibility index (Phi) is 7.16. The molecule has 150 valence electrons. The third-order valence-electron chi connectivity index (χ3n) is 3.55. The van der Waals surface area contributed by atoms with Crippen LogP contribution in [0.1, 0.15) is 22.4 Å². The minimum Gasteiger partial charge on any atom is -0.502 e. The molecule has 2 rings (SSSR count). The van der Waals surface area contributed by atoms with Gasteiger partial charge in [-0.05, 0) is 25.1 Å². The third-order valence-corrected chi connectivity index (χ3v) is 3.55. The number of methoxy groups -OCH3 is 1. The zero-order valence-corrected chi connectivity index (χ0v) is 15.6. The number of rotatable bonds is 8. The van der Waals surface area contributed by atoms with Gasteiger partial charge in [-0.3, -0.25) is 14.9 Å². The molecule has 0 aliphatic carbocycles. The van der Waals surface area contributed by atoms with Crippen LogP contribution in [0.3, 0.4) is 0 Å². The summed E-state index contributed by atoms with van der Waals surface area (Å²) in [5.41, 5.74) is 3.37. The maximum atomic E-state index is 11.9. The number of aryl methyl sites for hydroxylation is 1. The summed E-state index contributed by atoms with van der Waals surface area (Å²) in [7, 11) is 1.49. The van der Waals surface area contributed by atoms with Crippen molar-refractivity contribution in [3.8, 4) is 17.7 Å². The standard InChI is InChI=1S/C18H17N5O6/c1-11-5-13(9-28-2)14(7-19)18(21-11)29-10-17(25)22-20-8-12-3-4-16(24)15(6-12)23(26)27/h3-6,8,24H,9-10H2,1-2H3,(H,22,25)/b20-8+. The van der Waals surface area contributed by atoms with Gasteiger partial charge >= 0.3 is 5.69 Å². The molecule has 2 N–H and O–H groups in total. The van der Waals surface area contributed by atoms with Crippen LogP contribution in [0.15, 0.2) is 29.4 Å². The van der Waals surface area contributed by atoms with E-state index in [4.69, 9.17) is 9.47 Å². The average Bonchev–Trinajstić information content (AvgIpc) is 2.67. The fourth-order valence-electron chi connectivity index (χ4n) is 2.32. The van der Waals surface area contributed by atoms with Crippen molar-refractivity contribution in [2.24, 2.45) is 5.10 Å². The fourth-order valence-corrected chi connectivity index (χ4v) is 2.32. The molecule has 1 heterocycles. The first-order valence-corrected chi connectivity index (χ1v) is 8.17. The lowest BCUT2D eigenvalue weighted by Crippen LogP contribution is -2.25. The molecule has 0 aliphatic rings. The maximum absolute atomic E-state index is 11.9. The van der Waals surface area contributed by atoms with Crippen LogP contribution < -0.4 is 10.2 Å². The summed E-state index contributed by atoms with van der Waals surface area (Å²) >= 11 is 0. The summed E-state index contributed by atoms with van der Waals surface area (Å²) in [6.45, 7) is 1.46. The number of nitrogens with zero attached hydrogens (tertiary/aromatic N) is 4. The third kappa shape index (κ3) is 5.72. The predicted molar refractivity (Wildman–Crippen MR) is 100 cm³/mol. The zero-order chi connectivity index (χ0) is 21.4. The molecule has 11 heteroatoms. The fraction of sp³-hybridized carbons (Fsp3) is 0.222. The number of hydrazone groups is 1. The van der Waals surface area contributed by atoms with Crippen LogP contribution in [-0.4, -0.2) is 40.9 Å². The van der Waals surface area contributed by atoms with E-state index in [1.165, 1.54) is 19.4 Å². The van der Waals surface area contributed by atoms with E-state index in [0.717, 1.165) is 12.1 Å². The van der Waals surface area contributed by atoms with Crippen LogP contribution in [0.4, 0.5) is 5.69 Å². The van der Waals surface area contributed by atoms with Crippen molar-refractivity contribution in [1.29, 1.82) is 5.26 Å². The summed E-state index contributed by atoms with van der Waals surface area (Å²) in [6.07, 6.45) is 1.17. The number of phenols is 1. The molecule has 29 heavy (non-hydrogen) atoms. The van der Waals surface area contributed by atoms with Gasteiger partial charge in [0.25, 0.3) is 5.91 Å².